The molecule has 0 atom stereocenters. The smallest absolute Gasteiger partial charge is 0.193 e. The SMILES string of the molecule is CN=C(NCc1ccccc1CN(C)C)N(C)Cc1cccc(F)c1. The van der Waals surface area contributed by atoms with E-state index >= 15 is 0 Å². The van der Waals surface area contributed by atoms with E-state index in [4.69, 9.17) is 0 Å². The number of halogens is 1. The van der Waals surface area contributed by atoms with Crippen molar-refractivity contribution >= 4 is 5.96 Å². The summed E-state index contributed by atoms with van der Waals surface area (Å²) in [5.41, 5.74) is 3.46. The normalized spacial score (nSPS) is 11.7. The molecule has 0 aliphatic heterocycles. The van der Waals surface area contributed by atoms with Crippen LogP contribution in [0.4, 0.5) is 4.39 Å². The van der Waals surface area contributed by atoms with E-state index in [1.165, 1.54) is 17.2 Å². The Balaban J connectivity index is 2.01. The van der Waals surface area contributed by atoms with Gasteiger partial charge in [0.2, 0.25) is 0 Å². The molecule has 0 unspecified atom stereocenters. The predicted molar refractivity (Wildman–Crippen MR) is 102 cm³/mol. The average molecular weight is 342 g/mol. The number of benzene rings is 2. The van der Waals surface area contributed by atoms with E-state index in [9.17, 15) is 4.39 Å². The summed E-state index contributed by atoms with van der Waals surface area (Å²) in [6, 6.07) is 15.0. The van der Waals surface area contributed by atoms with Crippen molar-refractivity contribution in [1.29, 1.82) is 0 Å². The second-order valence-electron chi connectivity index (χ2n) is 6.39. The highest BCUT2D eigenvalue weighted by Crippen LogP contribution is 2.11. The van der Waals surface area contributed by atoms with E-state index in [-0.39, 0.29) is 5.82 Å². The number of hydrogen-bond donors (Lipinski definition) is 1. The maximum absolute atomic E-state index is 13.4. The van der Waals surface area contributed by atoms with Crippen molar-refractivity contribution < 1.29 is 4.39 Å². The lowest BCUT2D eigenvalue weighted by Crippen LogP contribution is -2.38. The zero-order valence-corrected chi connectivity index (χ0v) is 15.5. The Morgan fingerprint density at radius 2 is 1.72 bits per heavy atom. The summed E-state index contributed by atoms with van der Waals surface area (Å²) < 4.78 is 13.4. The van der Waals surface area contributed by atoms with Crippen LogP contribution in [-0.4, -0.2) is 44.0 Å². The minimum Gasteiger partial charge on any atom is -0.352 e. The Morgan fingerprint density at radius 3 is 2.36 bits per heavy atom. The molecule has 25 heavy (non-hydrogen) atoms. The van der Waals surface area contributed by atoms with Crippen molar-refractivity contribution in [3.8, 4) is 0 Å². The van der Waals surface area contributed by atoms with Crippen LogP contribution >= 0.6 is 0 Å². The number of hydrogen-bond acceptors (Lipinski definition) is 2. The van der Waals surface area contributed by atoms with Crippen molar-refractivity contribution in [3.05, 3.63) is 71.0 Å². The van der Waals surface area contributed by atoms with Gasteiger partial charge < -0.3 is 15.1 Å². The second-order valence-corrected chi connectivity index (χ2v) is 6.39. The Hall–Kier alpha value is -2.40. The van der Waals surface area contributed by atoms with Gasteiger partial charge in [0.1, 0.15) is 5.82 Å². The van der Waals surface area contributed by atoms with Gasteiger partial charge in [-0.25, -0.2) is 4.39 Å². The van der Waals surface area contributed by atoms with Crippen molar-refractivity contribution in [3.63, 3.8) is 0 Å². The highest BCUT2D eigenvalue weighted by Gasteiger charge is 2.09. The van der Waals surface area contributed by atoms with Gasteiger partial charge in [-0.3, -0.25) is 4.99 Å². The molecule has 0 bridgehead atoms. The maximum Gasteiger partial charge on any atom is 0.193 e. The van der Waals surface area contributed by atoms with Gasteiger partial charge in [-0.2, -0.15) is 0 Å². The lowest BCUT2D eigenvalue weighted by molar-refractivity contribution is 0.400. The third-order valence-electron chi connectivity index (χ3n) is 3.92. The summed E-state index contributed by atoms with van der Waals surface area (Å²) in [5, 5.41) is 3.40. The fourth-order valence-corrected chi connectivity index (χ4v) is 2.77. The highest BCUT2D eigenvalue weighted by molar-refractivity contribution is 5.79. The Kier molecular flexibility index (Phi) is 6.95. The average Bonchev–Trinajstić information content (AvgIpc) is 2.56. The number of rotatable bonds is 6. The fraction of sp³-hybridized carbons (Fsp3) is 0.350. The first kappa shape index (κ1) is 18.9. The zero-order valence-electron chi connectivity index (χ0n) is 15.5. The molecule has 0 spiro atoms. The topological polar surface area (TPSA) is 30.9 Å². The molecular weight excluding hydrogens is 315 g/mol. The molecule has 0 aliphatic rings. The van der Waals surface area contributed by atoms with E-state index in [1.54, 1.807) is 19.2 Å². The molecule has 0 amide bonds. The highest BCUT2D eigenvalue weighted by atomic mass is 19.1. The quantitative estimate of drug-likeness (QED) is 0.646. The van der Waals surface area contributed by atoms with Crippen LogP contribution in [0.2, 0.25) is 0 Å². The first-order valence-corrected chi connectivity index (χ1v) is 8.37. The lowest BCUT2D eigenvalue weighted by atomic mass is 10.1. The largest absolute Gasteiger partial charge is 0.352 e. The van der Waals surface area contributed by atoms with Crippen LogP contribution in [0.15, 0.2) is 53.5 Å². The zero-order chi connectivity index (χ0) is 18.2. The lowest BCUT2D eigenvalue weighted by Gasteiger charge is -2.23. The summed E-state index contributed by atoms with van der Waals surface area (Å²) >= 11 is 0. The molecule has 0 aromatic heterocycles. The molecule has 1 N–H and O–H groups in total. The van der Waals surface area contributed by atoms with Gasteiger partial charge in [-0.15, -0.1) is 0 Å². The summed E-state index contributed by atoms with van der Waals surface area (Å²) in [6.45, 7) is 2.19. The number of aliphatic imine (C=N–C) groups is 1. The van der Waals surface area contributed by atoms with E-state index in [2.05, 4.69) is 53.6 Å². The van der Waals surface area contributed by atoms with Crippen LogP contribution in [0, 0.1) is 5.82 Å². The van der Waals surface area contributed by atoms with Crippen LogP contribution in [0.5, 0.6) is 0 Å². The summed E-state index contributed by atoms with van der Waals surface area (Å²) in [5.74, 6) is 0.565. The molecule has 0 saturated carbocycles. The van der Waals surface area contributed by atoms with Crippen molar-refractivity contribution in [2.45, 2.75) is 19.6 Å². The first-order valence-electron chi connectivity index (χ1n) is 8.37. The molecule has 4 nitrogen and oxygen atoms in total. The standard InChI is InChI=1S/C20H27FN4/c1-22-20(25(4)14-16-8-7-11-19(21)12-16)23-13-17-9-5-6-10-18(17)15-24(2)3/h5-12H,13-15H2,1-4H3,(H,22,23). The molecule has 0 heterocycles. The van der Waals surface area contributed by atoms with Crippen molar-refractivity contribution in [2.75, 3.05) is 28.2 Å². The van der Waals surface area contributed by atoms with Crippen molar-refractivity contribution in [1.82, 2.24) is 15.1 Å². The van der Waals surface area contributed by atoms with Gasteiger partial charge in [-0.1, -0.05) is 36.4 Å². The summed E-state index contributed by atoms with van der Waals surface area (Å²) in [6.07, 6.45) is 0. The maximum atomic E-state index is 13.4. The van der Waals surface area contributed by atoms with E-state index < -0.39 is 0 Å². The van der Waals surface area contributed by atoms with E-state index in [1.807, 2.05) is 18.0 Å². The first-order chi connectivity index (χ1) is 12.0. The summed E-state index contributed by atoms with van der Waals surface area (Å²) in [4.78, 5) is 8.49. The molecule has 2 rings (SSSR count). The Morgan fingerprint density at radius 1 is 1.00 bits per heavy atom. The van der Waals surface area contributed by atoms with Gasteiger partial charge in [0.15, 0.2) is 5.96 Å². The molecule has 0 saturated heterocycles. The third-order valence-corrected chi connectivity index (χ3v) is 3.92. The molecule has 5 heteroatoms. The van der Waals surface area contributed by atoms with Crippen LogP contribution in [0.25, 0.3) is 0 Å². The Bertz CT molecular complexity index is 712. The van der Waals surface area contributed by atoms with Crippen molar-refractivity contribution in [2.24, 2.45) is 4.99 Å². The molecule has 134 valence electrons. The fourth-order valence-electron chi connectivity index (χ4n) is 2.77. The van der Waals surface area contributed by atoms with Gasteiger partial charge in [0.05, 0.1) is 0 Å². The van der Waals surface area contributed by atoms with Crippen LogP contribution in [0.1, 0.15) is 16.7 Å². The van der Waals surface area contributed by atoms with Gasteiger partial charge in [-0.05, 0) is 42.9 Å². The second kappa shape index (κ2) is 9.18. The van der Waals surface area contributed by atoms with Gasteiger partial charge in [0.25, 0.3) is 0 Å². The number of nitrogens with zero attached hydrogens (tertiary/aromatic N) is 3. The minimum absolute atomic E-state index is 0.216. The number of nitrogens with one attached hydrogen (secondary N) is 1. The van der Waals surface area contributed by atoms with Crippen LogP contribution in [0.3, 0.4) is 0 Å². The molecule has 0 radical (unpaired) electrons. The molecular formula is C20H27FN4. The number of guanidine groups is 1. The van der Waals surface area contributed by atoms with E-state index in [0.717, 1.165) is 18.1 Å². The molecule has 0 aliphatic carbocycles. The summed E-state index contributed by atoms with van der Waals surface area (Å²) in [7, 11) is 7.84. The molecule has 2 aromatic rings. The predicted octanol–water partition coefficient (Wildman–Crippen LogP) is 3.09. The molecule has 2 aromatic carbocycles. The van der Waals surface area contributed by atoms with Crippen LogP contribution in [-0.2, 0) is 19.6 Å². The Labute approximate surface area is 150 Å². The van der Waals surface area contributed by atoms with Gasteiger partial charge >= 0.3 is 0 Å². The van der Waals surface area contributed by atoms with E-state index in [0.29, 0.717) is 13.1 Å². The monoisotopic (exact) mass is 342 g/mol. The third kappa shape index (κ3) is 5.87. The van der Waals surface area contributed by atoms with Gasteiger partial charge in [0, 0.05) is 33.7 Å². The minimum atomic E-state index is -0.216. The van der Waals surface area contributed by atoms with Crippen LogP contribution < -0.4 is 5.32 Å². The molecule has 0 fully saturated rings.